The molecule has 0 unspecified atom stereocenters. The number of aryl methyl sites for hydroxylation is 1. The van der Waals surface area contributed by atoms with Gasteiger partial charge in [0, 0.05) is 11.9 Å². The molecule has 3 aromatic rings. The minimum atomic E-state index is 0.764. The molecule has 0 atom stereocenters. The lowest BCUT2D eigenvalue weighted by Crippen LogP contribution is -2.00. The van der Waals surface area contributed by atoms with Crippen LogP contribution >= 0.6 is 11.8 Å². The Labute approximate surface area is 122 Å². The Hall–Kier alpha value is -1.62. The Morgan fingerprint density at radius 2 is 2.00 bits per heavy atom. The van der Waals surface area contributed by atoms with Gasteiger partial charge in [-0.1, -0.05) is 50.2 Å². The monoisotopic (exact) mass is 286 g/mol. The molecule has 0 fully saturated rings. The molecule has 2 heterocycles. The summed E-state index contributed by atoms with van der Waals surface area (Å²) in [5.74, 6) is 0.961. The van der Waals surface area contributed by atoms with Crippen LogP contribution in [0.5, 0.6) is 0 Å². The van der Waals surface area contributed by atoms with Crippen LogP contribution in [0.2, 0.25) is 0 Å². The van der Waals surface area contributed by atoms with Gasteiger partial charge in [-0.15, -0.1) is 10.2 Å². The Bertz CT molecular complexity index is 735. The van der Waals surface area contributed by atoms with Crippen molar-refractivity contribution in [2.24, 2.45) is 0 Å². The molecule has 4 nitrogen and oxygen atoms in total. The molecule has 0 radical (unpaired) electrons. The third kappa shape index (κ3) is 2.26. The Morgan fingerprint density at radius 1 is 1.15 bits per heavy atom. The fourth-order valence-corrected chi connectivity index (χ4v) is 2.93. The summed E-state index contributed by atoms with van der Waals surface area (Å²) in [6.07, 6.45) is 2.32. The van der Waals surface area contributed by atoms with Crippen LogP contribution in [0.4, 0.5) is 0 Å². The number of para-hydroxylation sites is 1. The van der Waals surface area contributed by atoms with Crippen molar-refractivity contribution >= 4 is 33.8 Å². The number of hydrogen-bond acceptors (Lipinski definition) is 4. The molecule has 20 heavy (non-hydrogen) atoms. The molecule has 1 aromatic carbocycles. The summed E-state index contributed by atoms with van der Waals surface area (Å²) in [5, 5.41) is 10.5. The van der Waals surface area contributed by atoms with Crippen molar-refractivity contribution in [3.63, 3.8) is 0 Å². The summed E-state index contributed by atoms with van der Waals surface area (Å²) in [7, 11) is 0. The van der Waals surface area contributed by atoms with Gasteiger partial charge in [-0.2, -0.15) is 0 Å². The van der Waals surface area contributed by atoms with Gasteiger partial charge in [0.05, 0.1) is 5.52 Å². The molecule has 0 aliphatic carbocycles. The Kier molecular flexibility index (Phi) is 3.87. The molecule has 2 aromatic heterocycles. The molecule has 104 valence electrons. The van der Waals surface area contributed by atoms with Crippen molar-refractivity contribution in [2.75, 3.05) is 5.75 Å². The van der Waals surface area contributed by atoms with E-state index in [0.717, 1.165) is 40.4 Å². The fourth-order valence-electron chi connectivity index (χ4n) is 2.42. The van der Waals surface area contributed by atoms with Crippen molar-refractivity contribution < 1.29 is 0 Å². The van der Waals surface area contributed by atoms with E-state index in [4.69, 9.17) is 4.98 Å². The molecule has 0 saturated carbocycles. The minimum Gasteiger partial charge on any atom is -0.324 e. The highest BCUT2D eigenvalue weighted by atomic mass is 32.2. The topological polar surface area (TPSA) is 43.6 Å². The molecule has 0 saturated heterocycles. The minimum absolute atomic E-state index is 0.764. The average molecular weight is 286 g/mol. The van der Waals surface area contributed by atoms with Crippen LogP contribution in [0, 0.1) is 0 Å². The van der Waals surface area contributed by atoms with Crippen molar-refractivity contribution in [3.05, 3.63) is 24.3 Å². The van der Waals surface area contributed by atoms with Crippen LogP contribution in [0.15, 0.2) is 29.4 Å². The SMILES string of the molecule is CCCCn1c2ccccc2c2nnc(SCC)nc21. The molecule has 0 amide bonds. The third-order valence-electron chi connectivity index (χ3n) is 3.36. The maximum atomic E-state index is 4.71. The smallest absolute Gasteiger partial charge is 0.211 e. The summed E-state index contributed by atoms with van der Waals surface area (Å²) >= 11 is 1.63. The predicted octanol–water partition coefficient (Wildman–Crippen LogP) is 3.89. The van der Waals surface area contributed by atoms with E-state index >= 15 is 0 Å². The fraction of sp³-hybridized carbons (Fsp3) is 0.400. The molecule has 0 N–H and O–H groups in total. The van der Waals surface area contributed by atoms with Gasteiger partial charge < -0.3 is 4.57 Å². The van der Waals surface area contributed by atoms with Crippen LogP contribution in [-0.4, -0.2) is 25.5 Å². The number of benzene rings is 1. The number of rotatable bonds is 5. The number of nitrogens with zero attached hydrogens (tertiary/aromatic N) is 4. The predicted molar refractivity (Wildman–Crippen MR) is 84.1 cm³/mol. The largest absolute Gasteiger partial charge is 0.324 e. The van der Waals surface area contributed by atoms with Crippen LogP contribution in [0.25, 0.3) is 22.1 Å². The lowest BCUT2D eigenvalue weighted by molar-refractivity contribution is 0.656. The van der Waals surface area contributed by atoms with Crippen molar-refractivity contribution in [2.45, 2.75) is 38.4 Å². The number of unbranched alkanes of at least 4 members (excludes halogenated alkanes) is 1. The Morgan fingerprint density at radius 3 is 2.80 bits per heavy atom. The lowest BCUT2D eigenvalue weighted by Gasteiger charge is -2.05. The van der Waals surface area contributed by atoms with Crippen LogP contribution in [0.1, 0.15) is 26.7 Å². The second kappa shape index (κ2) is 5.79. The van der Waals surface area contributed by atoms with E-state index in [9.17, 15) is 0 Å². The van der Waals surface area contributed by atoms with E-state index in [1.807, 2.05) is 6.07 Å². The summed E-state index contributed by atoms with van der Waals surface area (Å²) in [6, 6.07) is 8.35. The lowest BCUT2D eigenvalue weighted by atomic mass is 10.2. The zero-order valence-corrected chi connectivity index (χ0v) is 12.7. The van der Waals surface area contributed by atoms with Gasteiger partial charge in [0.1, 0.15) is 5.52 Å². The first-order chi connectivity index (χ1) is 9.85. The van der Waals surface area contributed by atoms with Gasteiger partial charge >= 0.3 is 0 Å². The van der Waals surface area contributed by atoms with E-state index < -0.39 is 0 Å². The van der Waals surface area contributed by atoms with E-state index in [-0.39, 0.29) is 0 Å². The van der Waals surface area contributed by atoms with Crippen LogP contribution in [-0.2, 0) is 6.54 Å². The second-order valence-corrected chi connectivity index (χ2v) is 5.95. The standard InChI is InChI=1S/C15H18N4S/c1-3-5-10-19-12-9-7-6-8-11(12)13-14(19)16-15(18-17-13)20-4-2/h6-9H,3-5,10H2,1-2H3. The van der Waals surface area contributed by atoms with Gasteiger partial charge in [0.25, 0.3) is 0 Å². The first-order valence-corrected chi connectivity index (χ1v) is 8.08. The number of aromatic nitrogens is 4. The highest BCUT2D eigenvalue weighted by Gasteiger charge is 2.13. The van der Waals surface area contributed by atoms with Gasteiger partial charge in [0.15, 0.2) is 5.65 Å². The number of thioether (sulfide) groups is 1. The molecular weight excluding hydrogens is 268 g/mol. The molecule has 0 bridgehead atoms. The molecule has 5 heteroatoms. The maximum Gasteiger partial charge on any atom is 0.211 e. The summed E-state index contributed by atoms with van der Waals surface area (Å²) in [4.78, 5) is 4.71. The van der Waals surface area contributed by atoms with Gasteiger partial charge in [-0.05, 0) is 18.2 Å². The molecule has 0 aliphatic heterocycles. The summed E-state index contributed by atoms with van der Waals surface area (Å²) < 4.78 is 2.28. The van der Waals surface area contributed by atoms with Crippen molar-refractivity contribution in [1.82, 2.24) is 19.7 Å². The summed E-state index contributed by atoms with van der Waals surface area (Å²) in [5.41, 5.74) is 3.08. The van der Waals surface area contributed by atoms with Crippen LogP contribution in [0.3, 0.4) is 0 Å². The first-order valence-electron chi connectivity index (χ1n) is 7.09. The molecule has 3 rings (SSSR count). The molecular formula is C15H18N4S. The van der Waals surface area contributed by atoms with E-state index in [2.05, 4.69) is 46.8 Å². The van der Waals surface area contributed by atoms with Gasteiger partial charge in [-0.25, -0.2) is 4.98 Å². The van der Waals surface area contributed by atoms with Crippen molar-refractivity contribution in [3.8, 4) is 0 Å². The van der Waals surface area contributed by atoms with Crippen molar-refractivity contribution in [1.29, 1.82) is 0 Å². The number of hydrogen-bond donors (Lipinski definition) is 0. The first kappa shape index (κ1) is 13.4. The highest BCUT2D eigenvalue weighted by Crippen LogP contribution is 2.27. The van der Waals surface area contributed by atoms with E-state index in [0.29, 0.717) is 0 Å². The Balaban J connectivity index is 2.24. The average Bonchev–Trinajstić information content (AvgIpc) is 2.79. The number of fused-ring (bicyclic) bond motifs is 3. The van der Waals surface area contributed by atoms with Crippen LogP contribution < -0.4 is 0 Å². The zero-order valence-electron chi connectivity index (χ0n) is 11.8. The zero-order chi connectivity index (χ0) is 13.9. The maximum absolute atomic E-state index is 4.71. The van der Waals surface area contributed by atoms with E-state index in [1.165, 1.54) is 11.9 Å². The molecule has 0 spiro atoms. The van der Waals surface area contributed by atoms with Gasteiger partial charge in [0.2, 0.25) is 5.16 Å². The quantitative estimate of drug-likeness (QED) is 0.667. The third-order valence-corrected chi connectivity index (χ3v) is 4.08. The van der Waals surface area contributed by atoms with Gasteiger partial charge in [-0.3, -0.25) is 0 Å². The molecule has 0 aliphatic rings. The van der Waals surface area contributed by atoms with E-state index in [1.54, 1.807) is 11.8 Å². The second-order valence-electron chi connectivity index (χ2n) is 4.72. The normalized spacial score (nSPS) is 11.5. The summed E-state index contributed by atoms with van der Waals surface area (Å²) in [6.45, 7) is 5.29. The highest BCUT2D eigenvalue weighted by molar-refractivity contribution is 7.99.